The largest absolute Gasteiger partial charge is 0.370 e. The van der Waals surface area contributed by atoms with Crippen molar-refractivity contribution in [2.24, 2.45) is 0 Å². The predicted molar refractivity (Wildman–Crippen MR) is 83.6 cm³/mol. The quantitative estimate of drug-likeness (QED) is 0.921. The Morgan fingerprint density at radius 1 is 1.24 bits per heavy atom. The Balaban J connectivity index is 1.89. The first-order chi connectivity index (χ1) is 10.3. The van der Waals surface area contributed by atoms with E-state index in [1.807, 2.05) is 0 Å². The number of morpholine rings is 1. The van der Waals surface area contributed by atoms with E-state index in [0.29, 0.717) is 0 Å². The number of aryl methyl sites for hydroxylation is 1. The highest BCUT2D eigenvalue weighted by atomic mass is 16.5. The van der Waals surface area contributed by atoms with Gasteiger partial charge in [-0.1, -0.05) is 6.92 Å². The summed E-state index contributed by atoms with van der Waals surface area (Å²) in [5.41, 5.74) is 2.56. The Morgan fingerprint density at radius 3 is 2.90 bits per heavy atom. The van der Waals surface area contributed by atoms with Crippen molar-refractivity contribution in [2.45, 2.75) is 45.6 Å². The zero-order valence-electron chi connectivity index (χ0n) is 13.2. The van der Waals surface area contributed by atoms with Gasteiger partial charge in [0.25, 0.3) is 0 Å². The van der Waals surface area contributed by atoms with E-state index >= 15 is 0 Å². The van der Waals surface area contributed by atoms with Gasteiger partial charge in [0.15, 0.2) is 5.82 Å². The number of ether oxygens (including phenoxy) is 1. The zero-order valence-corrected chi connectivity index (χ0v) is 13.2. The highest BCUT2D eigenvalue weighted by Crippen LogP contribution is 2.28. The average Bonchev–Trinajstić information content (AvgIpc) is 2.55. The lowest BCUT2D eigenvalue weighted by Gasteiger charge is -2.32. The Labute approximate surface area is 127 Å². The van der Waals surface area contributed by atoms with Crippen LogP contribution >= 0.6 is 0 Å². The topological polar surface area (TPSA) is 50.3 Å². The highest BCUT2D eigenvalue weighted by Gasteiger charge is 2.26. The molecule has 116 valence electrons. The molecule has 1 fully saturated rings. The smallest absolute Gasteiger partial charge is 0.161 e. The van der Waals surface area contributed by atoms with E-state index in [9.17, 15) is 0 Å². The number of hydrogen-bond donors (Lipinski definition) is 1. The summed E-state index contributed by atoms with van der Waals surface area (Å²) in [6.45, 7) is 8.96. The van der Waals surface area contributed by atoms with Gasteiger partial charge in [-0.25, -0.2) is 9.97 Å². The van der Waals surface area contributed by atoms with E-state index in [1.165, 1.54) is 24.1 Å². The first-order valence-electron chi connectivity index (χ1n) is 8.29. The predicted octanol–water partition coefficient (Wildman–Crippen LogP) is 2.18. The lowest BCUT2D eigenvalue weighted by Crippen LogP contribution is -2.38. The Morgan fingerprint density at radius 2 is 2.10 bits per heavy atom. The number of fused-ring (bicyclic) bond motifs is 1. The first-order valence-corrected chi connectivity index (χ1v) is 8.29. The first kappa shape index (κ1) is 14.7. The molecule has 5 heteroatoms. The van der Waals surface area contributed by atoms with Crippen molar-refractivity contribution >= 4 is 5.82 Å². The van der Waals surface area contributed by atoms with Crippen LogP contribution in [-0.2, 0) is 17.6 Å². The number of aromatic nitrogens is 2. The third kappa shape index (κ3) is 3.19. The molecule has 1 saturated heterocycles. The summed E-state index contributed by atoms with van der Waals surface area (Å²) in [5, 5.41) is 3.42. The molecule has 1 unspecified atom stereocenters. The van der Waals surface area contributed by atoms with Gasteiger partial charge < -0.3 is 10.1 Å². The van der Waals surface area contributed by atoms with Crippen molar-refractivity contribution in [3.63, 3.8) is 0 Å². The molecule has 0 spiro atoms. The highest BCUT2D eigenvalue weighted by molar-refractivity contribution is 5.48. The van der Waals surface area contributed by atoms with Crippen molar-refractivity contribution in [1.82, 2.24) is 14.9 Å². The number of hydrogen-bond acceptors (Lipinski definition) is 5. The van der Waals surface area contributed by atoms with Gasteiger partial charge >= 0.3 is 0 Å². The Bertz CT molecular complexity index is 491. The molecular formula is C16H26N4O. The van der Waals surface area contributed by atoms with E-state index in [2.05, 4.69) is 24.1 Å². The SMILES string of the molecule is CCNc1nc(C2CN(CC)CCO2)nc2c1CCCC2. The molecule has 21 heavy (non-hydrogen) atoms. The molecule has 0 bridgehead atoms. The molecular weight excluding hydrogens is 264 g/mol. The van der Waals surface area contributed by atoms with Crippen molar-refractivity contribution in [3.05, 3.63) is 17.1 Å². The minimum atomic E-state index is 0.0170. The maximum atomic E-state index is 5.93. The van der Waals surface area contributed by atoms with Gasteiger partial charge in [-0.05, 0) is 39.2 Å². The van der Waals surface area contributed by atoms with Crippen molar-refractivity contribution < 1.29 is 4.74 Å². The van der Waals surface area contributed by atoms with Gasteiger partial charge in [0.05, 0.1) is 6.61 Å². The third-order valence-electron chi connectivity index (χ3n) is 4.43. The van der Waals surface area contributed by atoms with Gasteiger partial charge in [0.2, 0.25) is 0 Å². The second-order valence-electron chi connectivity index (χ2n) is 5.85. The van der Waals surface area contributed by atoms with Crippen LogP contribution in [0.4, 0.5) is 5.82 Å². The molecule has 1 aliphatic heterocycles. The van der Waals surface area contributed by atoms with E-state index in [1.54, 1.807) is 0 Å². The van der Waals surface area contributed by atoms with Crippen LogP contribution in [0.15, 0.2) is 0 Å². The molecule has 5 nitrogen and oxygen atoms in total. The standard InChI is InChI=1S/C16H26N4O/c1-3-17-15-12-7-5-6-8-13(12)18-16(19-15)14-11-20(4-2)9-10-21-14/h14H,3-11H2,1-2H3,(H,17,18,19). The molecule has 1 N–H and O–H groups in total. The van der Waals surface area contributed by atoms with Crippen molar-refractivity contribution in [3.8, 4) is 0 Å². The molecule has 3 rings (SSSR count). The summed E-state index contributed by atoms with van der Waals surface area (Å²) in [7, 11) is 0. The second kappa shape index (κ2) is 6.71. The van der Waals surface area contributed by atoms with Crippen LogP contribution in [0.2, 0.25) is 0 Å². The number of nitrogens with one attached hydrogen (secondary N) is 1. The minimum Gasteiger partial charge on any atom is -0.370 e. The third-order valence-corrected chi connectivity index (χ3v) is 4.43. The van der Waals surface area contributed by atoms with Crippen LogP contribution in [0.25, 0.3) is 0 Å². The zero-order chi connectivity index (χ0) is 14.7. The Kier molecular flexibility index (Phi) is 4.70. The summed E-state index contributed by atoms with van der Waals surface area (Å²) in [6.07, 6.45) is 4.68. The molecule has 2 aliphatic rings. The van der Waals surface area contributed by atoms with Crippen molar-refractivity contribution in [2.75, 3.05) is 38.1 Å². The van der Waals surface area contributed by atoms with Crippen LogP contribution in [0.1, 0.15) is 49.9 Å². The molecule has 1 aromatic rings. The molecule has 1 aliphatic carbocycles. The van der Waals surface area contributed by atoms with Crippen LogP contribution in [0, 0.1) is 0 Å². The van der Waals surface area contributed by atoms with Crippen LogP contribution in [0.3, 0.4) is 0 Å². The maximum absolute atomic E-state index is 5.93. The van der Waals surface area contributed by atoms with E-state index in [0.717, 1.165) is 57.3 Å². The normalized spacial score (nSPS) is 22.9. The van der Waals surface area contributed by atoms with Gasteiger partial charge in [0, 0.05) is 30.9 Å². The summed E-state index contributed by atoms with van der Waals surface area (Å²) >= 11 is 0. The fourth-order valence-electron chi connectivity index (χ4n) is 3.22. The monoisotopic (exact) mass is 290 g/mol. The van der Waals surface area contributed by atoms with Crippen LogP contribution in [0.5, 0.6) is 0 Å². The number of rotatable bonds is 4. The van der Waals surface area contributed by atoms with Gasteiger partial charge in [-0.2, -0.15) is 0 Å². The van der Waals surface area contributed by atoms with Gasteiger partial charge in [0.1, 0.15) is 11.9 Å². The molecule has 1 atom stereocenters. The maximum Gasteiger partial charge on any atom is 0.161 e. The fraction of sp³-hybridized carbons (Fsp3) is 0.750. The Hall–Kier alpha value is -1.20. The van der Waals surface area contributed by atoms with Crippen LogP contribution in [-0.4, -0.2) is 47.7 Å². The van der Waals surface area contributed by atoms with Gasteiger partial charge in [-0.3, -0.25) is 4.90 Å². The number of anilines is 1. The average molecular weight is 290 g/mol. The summed E-state index contributed by atoms with van der Waals surface area (Å²) in [4.78, 5) is 12.0. The van der Waals surface area contributed by atoms with Crippen LogP contribution < -0.4 is 5.32 Å². The minimum absolute atomic E-state index is 0.0170. The summed E-state index contributed by atoms with van der Waals surface area (Å²) < 4.78 is 5.93. The van der Waals surface area contributed by atoms with E-state index in [-0.39, 0.29) is 6.10 Å². The number of nitrogens with zero attached hydrogens (tertiary/aromatic N) is 3. The fourth-order valence-corrected chi connectivity index (χ4v) is 3.22. The molecule has 1 aromatic heterocycles. The van der Waals surface area contributed by atoms with Crippen molar-refractivity contribution in [1.29, 1.82) is 0 Å². The number of likely N-dealkylation sites (N-methyl/N-ethyl adjacent to an activating group) is 1. The summed E-state index contributed by atoms with van der Waals surface area (Å²) in [6, 6.07) is 0. The van der Waals surface area contributed by atoms with Gasteiger partial charge in [-0.15, -0.1) is 0 Å². The molecule has 0 saturated carbocycles. The van der Waals surface area contributed by atoms with E-state index in [4.69, 9.17) is 14.7 Å². The molecule has 0 amide bonds. The van der Waals surface area contributed by atoms with E-state index < -0.39 is 0 Å². The molecule has 0 radical (unpaired) electrons. The molecule has 2 heterocycles. The summed E-state index contributed by atoms with van der Waals surface area (Å²) in [5.74, 6) is 1.90. The lowest BCUT2D eigenvalue weighted by molar-refractivity contribution is -0.0326. The second-order valence-corrected chi connectivity index (χ2v) is 5.85. The molecule has 0 aromatic carbocycles. The lowest BCUT2D eigenvalue weighted by atomic mass is 9.96.